The van der Waals surface area contributed by atoms with E-state index in [-0.39, 0.29) is 24.8 Å². The summed E-state index contributed by atoms with van der Waals surface area (Å²) in [4.78, 5) is 32.6. The van der Waals surface area contributed by atoms with E-state index in [0.717, 1.165) is 13.0 Å². The summed E-state index contributed by atoms with van der Waals surface area (Å²) in [6.07, 6.45) is 1.14. The molecule has 0 unspecified atom stereocenters. The zero-order chi connectivity index (χ0) is 19.7. The Labute approximate surface area is 166 Å². The summed E-state index contributed by atoms with van der Waals surface area (Å²) in [6, 6.07) is 7.94. The van der Waals surface area contributed by atoms with Gasteiger partial charge in [-0.05, 0) is 48.6 Å². The van der Waals surface area contributed by atoms with Gasteiger partial charge in [-0.3, -0.25) is 14.6 Å². The Balaban J connectivity index is 1.39. The molecule has 1 aliphatic heterocycles. The number of halogens is 1. The van der Waals surface area contributed by atoms with E-state index in [1.54, 1.807) is 30.4 Å². The van der Waals surface area contributed by atoms with Gasteiger partial charge in [0.05, 0.1) is 11.1 Å². The van der Waals surface area contributed by atoms with Crippen LogP contribution in [0.15, 0.2) is 35.7 Å². The van der Waals surface area contributed by atoms with Crippen molar-refractivity contribution in [3.05, 3.63) is 63.2 Å². The Bertz CT molecular complexity index is 1060. The molecular formula is C21H20FN3O2S. The predicted molar refractivity (Wildman–Crippen MR) is 107 cm³/mol. The van der Waals surface area contributed by atoms with Crippen molar-refractivity contribution in [1.82, 2.24) is 15.2 Å². The molecule has 28 heavy (non-hydrogen) atoms. The lowest BCUT2D eigenvalue weighted by Crippen LogP contribution is -2.37. The van der Waals surface area contributed by atoms with Gasteiger partial charge in [0.1, 0.15) is 5.82 Å². The van der Waals surface area contributed by atoms with Gasteiger partial charge in [-0.25, -0.2) is 4.39 Å². The Hall–Kier alpha value is -2.80. The van der Waals surface area contributed by atoms with Crippen molar-refractivity contribution in [2.24, 2.45) is 0 Å². The number of pyridine rings is 1. The van der Waals surface area contributed by atoms with E-state index in [1.807, 2.05) is 4.90 Å². The van der Waals surface area contributed by atoms with Gasteiger partial charge in [-0.15, -0.1) is 11.3 Å². The van der Waals surface area contributed by atoms with Crippen LogP contribution in [-0.4, -0.2) is 34.8 Å². The minimum atomic E-state index is -0.391. The van der Waals surface area contributed by atoms with Crippen molar-refractivity contribution in [2.75, 3.05) is 13.1 Å². The van der Waals surface area contributed by atoms with E-state index in [0.29, 0.717) is 28.7 Å². The van der Waals surface area contributed by atoms with Crippen LogP contribution in [0.3, 0.4) is 0 Å². The van der Waals surface area contributed by atoms with Crippen molar-refractivity contribution in [2.45, 2.75) is 26.3 Å². The normalized spacial score (nSPS) is 13.4. The van der Waals surface area contributed by atoms with Gasteiger partial charge in [0.2, 0.25) is 5.91 Å². The van der Waals surface area contributed by atoms with E-state index in [4.69, 9.17) is 0 Å². The first-order valence-corrected chi connectivity index (χ1v) is 10.1. The van der Waals surface area contributed by atoms with E-state index >= 15 is 0 Å². The average Bonchev–Trinajstić information content (AvgIpc) is 3.14. The lowest BCUT2D eigenvalue weighted by atomic mass is 10.1. The SMILES string of the molecule is Cc1cc(C(=O)NCCC(=O)N2CCc3sccc3C2)c2ccc(F)cc2n1. The zero-order valence-corrected chi connectivity index (χ0v) is 16.3. The van der Waals surface area contributed by atoms with Crippen LogP contribution in [-0.2, 0) is 17.8 Å². The van der Waals surface area contributed by atoms with Crippen molar-refractivity contribution < 1.29 is 14.0 Å². The number of carbonyl (C=O) groups excluding carboxylic acids is 2. The standard InChI is InChI=1S/C21H20FN3O2S/c1-13-10-17(16-3-2-15(22)11-18(16)24-13)21(27)23-7-4-20(26)25-8-5-19-14(12-25)6-9-28-19/h2-3,6,9-11H,4-5,7-8,12H2,1H3,(H,23,27). The summed E-state index contributed by atoms with van der Waals surface area (Å²) < 4.78 is 13.5. The van der Waals surface area contributed by atoms with Crippen molar-refractivity contribution in [1.29, 1.82) is 0 Å². The van der Waals surface area contributed by atoms with Crippen LogP contribution >= 0.6 is 11.3 Å². The number of fused-ring (bicyclic) bond motifs is 2. The molecule has 1 aliphatic rings. The average molecular weight is 397 g/mol. The van der Waals surface area contributed by atoms with E-state index in [9.17, 15) is 14.0 Å². The third kappa shape index (κ3) is 3.75. The quantitative estimate of drug-likeness (QED) is 0.734. The van der Waals surface area contributed by atoms with E-state index < -0.39 is 5.82 Å². The molecule has 2 amide bonds. The molecule has 144 valence electrons. The second-order valence-corrected chi connectivity index (χ2v) is 7.91. The van der Waals surface area contributed by atoms with Gasteiger partial charge in [0, 0.05) is 48.1 Å². The molecule has 7 heteroatoms. The molecule has 1 N–H and O–H groups in total. The second-order valence-electron chi connectivity index (χ2n) is 6.91. The second kappa shape index (κ2) is 7.67. The predicted octanol–water partition coefficient (Wildman–Crippen LogP) is 3.45. The molecule has 5 nitrogen and oxygen atoms in total. The molecule has 0 saturated carbocycles. The highest BCUT2D eigenvalue weighted by atomic mass is 32.1. The molecule has 1 aromatic carbocycles. The molecule has 0 atom stereocenters. The van der Waals surface area contributed by atoms with Crippen molar-refractivity contribution >= 4 is 34.1 Å². The fraction of sp³-hybridized carbons (Fsp3) is 0.286. The van der Waals surface area contributed by atoms with Gasteiger partial charge >= 0.3 is 0 Å². The molecule has 3 aromatic rings. The number of thiophene rings is 1. The summed E-state index contributed by atoms with van der Waals surface area (Å²) in [6.45, 7) is 3.39. The topological polar surface area (TPSA) is 62.3 Å². The molecule has 0 radical (unpaired) electrons. The number of nitrogens with one attached hydrogen (secondary N) is 1. The highest BCUT2D eigenvalue weighted by molar-refractivity contribution is 7.10. The lowest BCUT2D eigenvalue weighted by molar-refractivity contribution is -0.131. The third-order valence-electron chi connectivity index (χ3n) is 4.93. The maximum Gasteiger partial charge on any atom is 0.252 e. The smallest absolute Gasteiger partial charge is 0.252 e. The van der Waals surface area contributed by atoms with Gasteiger partial charge in [-0.1, -0.05) is 0 Å². The van der Waals surface area contributed by atoms with E-state index in [1.165, 1.54) is 22.6 Å². The van der Waals surface area contributed by atoms with Crippen LogP contribution in [0.4, 0.5) is 4.39 Å². The van der Waals surface area contributed by atoms with Crippen LogP contribution in [0.2, 0.25) is 0 Å². The fourth-order valence-corrected chi connectivity index (χ4v) is 4.41. The Morgan fingerprint density at radius 1 is 1.29 bits per heavy atom. The van der Waals surface area contributed by atoms with Crippen LogP contribution in [0, 0.1) is 12.7 Å². The molecule has 4 rings (SSSR count). The summed E-state index contributed by atoms with van der Waals surface area (Å²) >= 11 is 1.74. The van der Waals surface area contributed by atoms with Crippen LogP contribution in [0.1, 0.15) is 32.9 Å². The Kier molecular flexibility index (Phi) is 5.09. The molecule has 0 saturated heterocycles. The van der Waals surface area contributed by atoms with E-state index in [2.05, 4.69) is 21.7 Å². The van der Waals surface area contributed by atoms with Crippen LogP contribution < -0.4 is 5.32 Å². The van der Waals surface area contributed by atoms with Gasteiger partial charge < -0.3 is 10.2 Å². The molecule has 2 aromatic heterocycles. The van der Waals surface area contributed by atoms with Crippen molar-refractivity contribution in [3.63, 3.8) is 0 Å². The fourth-order valence-electron chi connectivity index (χ4n) is 3.52. The number of rotatable bonds is 4. The Morgan fingerprint density at radius 2 is 2.14 bits per heavy atom. The summed E-state index contributed by atoms with van der Waals surface area (Å²) in [7, 11) is 0. The van der Waals surface area contributed by atoms with Crippen LogP contribution in [0.5, 0.6) is 0 Å². The molecule has 0 bridgehead atoms. The first kappa shape index (κ1) is 18.6. The maximum atomic E-state index is 13.5. The molecular weight excluding hydrogens is 377 g/mol. The number of aromatic nitrogens is 1. The number of hydrogen-bond donors (Lipinski definition) is 1. The third-order valence-corrected chi connectivity index (χ3v) is 5.95. The first-order chi connectivity index (χ1) is 13.5. The maximum absolute atomic E-state index is 13.5. The molecule has 0 fully saturated rings. The molecule has 0 aliphatic carbocycles. The minimum Gasteiger partial charge on any atom is -0.351 e. The lowest BCUT2D eigenvalue weighted by Gasteiger charge is -2.27. The number of carbonyl (C=O) groups is 2. The monoisotopic (exact) mass is 397 g/mol. The van der Waals surface area contributed by atoms with Gasteiger partial charge in [-0.2, -0.15) is 0 Å². The first-order valence-electron chi connectivity index (χ1n) is 9.19. The summed E-state index contributed by atoms with van der Waals surface area (Å²) in [5, 5.41) is 5.47. The highest BCUT2D eigenvalue weighted by Crippen LogP contribution is 2.24. The van der Waals surface area contributed by atoms with Gasteiger partial charge in [0.15, 0.2) is 0 Å². The largest absolute Gasteiger partial charge is 0.351 e. The number of nitrogens with zero attached hydrogens (tertiary/aromatic N) is 2. The number of benzene rings is 1. The summed E-state index contributed by atoms with van der Waals surface area (Å²) in [5.41, 5.74) is 2.75. The molecule has 0 spiro atoms. The number of hydrogen-bond acceptors (Lipinski definition) is 4. The van der Waals surface area contributed by atoms with Crippen molar-refractivity contribution in [3.8, 4) is 0 Å². The van der Waals surface area contributed by atoms with Gasteiger partial charge in [0.25, 0.3) is 5.91 Å². The Morgan fingerprint density at radius 3 is 3.00 bits per heavy atom. The minimum absolute atomic E-state index is 0.0370. The molecule has 3 heterocycles. The zero-order valence-electron chi connectivity index (χ0n) is 15.5. The van der Waals surface area contributed by atoms with Crippen LogP contribution in [0.25, 0.3) is 10.9 Å². The number of amides is 2. The highest BCUT2D eigenvalue weighted by Gasteiger charge is 2.21. The summed E-state index contributed by atoms with van der Waals surface area (Å²) in [5.74, 6) is -0.637. The number of aryl methyl sites for hydroxylation is 1.